The fourth-order valence-corrected chi connectivity index (χ4v) is 1.87. The number of aryl methyl sites for hydroxylation is 1. The molecular weight excluding hydrogens is 264 g/mol. The molecule has 0 unspecified atom stereocenters. The number of carbonyl (C=O) groups excluding carboxylic acids is 1. The third-order valence-electron chi connectivity index (χ3n) is 2.76. The zero-order chi connectivity index (χ0) is 13.8. The van der Waals surface area contributed by atoms with Crippen LogP contribution in [0.1, 0.15) is 28.9 Å². The Hall–Kier alpha value is -1.88. The molecule has 0 fully saturated rings. The minimum Gasteiger partial charge on any atom is -0.350 e. The Balaban J connectivity index is 1.96. The van der Waals surface area contributed by atoms with Crippen molar-refractivity contribution in [3.05, 3.63) is 47.0 Å². The van der Waals surface area contributed by atoms with Crippen LogP contribution in [0.3, 0.4) is 0 Å². The molecule has 1 atom stereocenters. The second kappa shape index (κ2) is 5.84. The third kappa shape index (κ3) is 3.32. The summed E-state index contributed by atoms with van der Waals surface area (Å²) in [5, 5.41) is 7.40. The minimum absolute atomic E-state index is 0.0817. The fourth-order valence-electron chi connectivity index (χ4n) is 1.66. The zero-order valence-electron chi connectivity index (χ0n) is 10.8. The van der Waals surface area contributed by atoms with Crippen LogP contribution >= 0.6 is 11.6 Å². The molecule has 0 aromatic carbocycles. The molecule has 0 aliphatic carbocycles. The first kappa shape index (κ1) is 13.5. The monoisotopic (exact) mass is 278 g/mol. The lowest BCUT2D eigenvalue weighted by molar-refractivity contribution is 0.0948. The van der Waals surface area contributed by atoms with Gasteiger partial charge in [-0.3, -0.25) is 14.5 Å². The highest BCUT2D eigenvalue weighted by Crippen LogP contribution is 2.13. The molecule has 6 heteroatoms. The van der Waals surface area contributed by atoms with Crippen LogP contribution in [0.2, 0.25) is 5.02 Å². The average Bonchev–Trinajstić information content (AvgIpc) is 2.83. The predicted molar refractivity (Wildman–Crippen MR) is 73.3 cm³/mol. The first-order valence-corrected chi connectivity index (χ1v) is 6.34. The van der Waals surface area contributed by atoms with E-state index in [2.05, 4.69) is 15.4 Å². The van der Waals surface area contributed by atoms with Crippen LogP contribution < -0.4 is 5.32 Å². The first-order chi connectivity index (χ1) is 9.08. The molecule has 2 aromatic rings. The lowest BCUT2D eigenvalue weighted by Gasteiger charge is -2.13. The highest BCUT2D eigenvalue weighted by atomic mass is 35.5. The van der Waals surface area contributed by atoms with Crippen molar-refractivity contribution in [3.63, 3.8) is 0 Å². The van der Waals surface area contributed by atoms with E-state index >= 15 is 0 Å². The van der Waals surface area contributed by atoms with E-state index in [0.29, 0.717) is 17.1 Å². The van der Waals surface area contributed by atoms with E-state index in [0.717, 1.165) is 5.56 Å². The number of amides is 1. The molecule has 0 bridgehead atoms. The minimum atomic E-state index is -0.205. The van der Waals surface area contributed by atoms with Crippen LogP contribution in [-0.4, -0.2) is 27.2 Å². The van der Waals surface area contributed by atoms with Crippen LogP contribution in [0.5, 0.6) is 0 Å². The number of nitrogens with one attached hydrogen (secondary N) is 1. The quantitative estimate of drug-likeness (QED) is 0.933. The summed E-state index contributed by atoms with van der Waals surface area (Å²) in [5.74, 6) is -0.205. The summed E-state index contributed by atoms with van der Waals surface area (Å²) in [6, 6.07) is 1.68. The van der Waals surface area contributed by atoms with Gasteiger partial charge in [-0.15, -0.1) is 0 Å². The van der Waals surface area contributed by atoms with Crippen LogP contribution in [0.4, 0.5) is 0 Å². The third-order valence-corrected chi connectivity index (χ3v) is 3.06. The number of hydrogen-bond acceptors (Lipinski definition) is 3. The summed E-state index contributed by atoms with van der Waals surface area (Å²) in [6.45, 7) is 4.45. The smallest absolute Gasteiger partial charge is 0.252 e. The molecule has 0 saturated carbocycles. The molecule has 0 saturated heterocycles. The Morgan fingerprint density at radius 3 is 2.95 bits per heavy atom. The molecule has 0 spiro atoms. The van der Waals surface area contributed by atoms with Crippen molar-refractivity contribution in [1.29, 1.82) is 0 Å². The van der Waals surface area contributed by atoms with E-state index in [-0.39, 0.29) is 11.9 Å². The number of halogens is 1. The van der Waals surface area contributed by atoms with Gasteiger partial charge in [0.2, 0.25) is 0 Å². The number of rotatable bonds is 4. The topological polar surface area (TPSA) is 59.8 Å². The van der Waals surface area contributed by atoms with Crippen molar-refractivity contribution in [2.75, 3.05) is 6.54 Å². The highest BCUT2D eigenvalue weighted by Gasteiger charge is 2.12. The maximum atomic E-state index is 12.0. The van der Waals surface area contributed by atoms with Crippen molar-refractivity contribution in [2.45, 2.75) is 19.9 Å². The van der Waals surface area contributed by atoms with Crippen molar-refractivity contribution in [1.82, 2.24) is 20.1 Å². The van der Waals surface area contributed by atoms with Crippen molar-refractivity contribution in [2.24, 2.45) is 0 Å². The summed E-state index contributed by atoms with van der Waals surface area (Å²) in [4.78, 5) is 15.8. The van der Waals surface area contributed by atoms with Crippen molar-refractivity contribution < 1.29 is 4.79 Å². The van der Waals surface area contributed by atoms with Crippen LogP contribution in [0, 0.1) is 6.92 Å². The van der Waals surface area contributed by atoms with Crippen molar-refractivity contribution in [3.8, 4) is 0 Å². The van der Waals surface area contributed by atoms with E-state index in [1.54, 1.807) is 18.5 Å². The zero-order valence-corrected chi connectivity index (χ0v) is 11.6. The van der Waals surface area contributed by atoms with Gasteiger partial charge in [-0.05, 0) is 25.5 Å². The Morgan fingerprint density at radius 1 is 1.53 bits per heavy atom. The van der Waals surface area contributed by atoms with Crippen LogP contribution in [-0.2, 0) is 0 Å². The maximum absolute atomic E-state index is 12.0. The molecule has 2 rings (SSSR count). The van der Waals surface area contributed by atoms with E-state index in [1.807, 2.05) is 24.7 Å². The summed E-state index contributed by atoms with van der Waals surface area (Å²) in [5.41, 5.74) is 1.52. The molecule has 19 heavy (non-hydrogen) atoms. The number of hydrogen-bond donors (Lipinski definition) is 1. The summed E-state index contributed by atoms with van der Waals surface area (Å²) >= 11 is 5.91. The van der Waals surface area contributed by atoms with Crippen LogP contribution in [0.25, 0.3) is 0 Å². The molecule has 100 valence electrons. The number of carbonyl (C=O) groups is 1. The Morgan fingerprint density at radius 2 is 2.32 bits per heavy atom. The van der Waals surface area contributed by atoms with E-state index in [1.165, 1.54) is 6.20 Å². The molecule has 1 amide bonds. The Kier molecular flexibility index (Phi) is 4.16. The number of nitrogens with zero attached hydrogens (tertiary/aromatic N) is 3. The molecule has 1 N–H and O–H groups in total. The lowest BCUT2D eigenvalue weighted by Crippen LogP contribution is -2.30. The molecule has 0 radical (unpaired) electrons. The SMILES string of the molecule is Cc1cnn([C@@H](C)CNC(=O)c2ccncc2Cl)c1. The molecule has 2 heterocycles. The number of aromatic nitrogens is 3. The summed E-state index contributed by atoms with van der Waals surface area (Å²) in [7, 11) is 0. The lowest BCUT2D eigenvalue weighted by atomic mass is 10.2. The summed E-state index contributed by atoms with van der Waals surface area (Å²) in [6.07, 6.45) is 6.73. The Labute approximate surface area is 116 Å². The van der Waals surface area contributed by atoms with E-state index < -0.39 is 0 Å². The fraction of sp³-hybridized carbons (Fsp3) is 0.308. The van der Waals surface area contributed by atoms with Gasteiger partial charge in [-0.2, -0.15) is 5.10 Å². The van der Waals surface area contributed by atoms with E-state index in [4.69, 9.17) is 11.6 Å². The van der Waals surface area contributed by atoms with Gasteiger partial charge < -0.3 is 5.32 Å². The normalized spacial score (nSPS) is 12.2. The largest absolute Gasteiger partial charge is 0.350 e. The second-order valence-corrected chi connectivity index (χ2v) is 4.82. The average molecular weight is 279 g/mol. The van der Waals surface area contributed by atoms with Crippen molar-refractivity contribution >= 4 is 17.5 Å². The highest BCUT2D eigenvalue weighted by molar-refractivity contribution is 6.33. The van der Waals surface area contributed by atoms with E-state index in [9.17, 15) is 4.79 Å². The van der Waals surface area contributed by atoms with Gasteiger partial charge in [-0.25, -0.2) is 0 Å². The molecule has 2 aromatic heterocycles. The molecular formula is C13H15ClN4O. The molecule has 0 aliphatic rings. The van der Waals surface area contributed by atoms with Gasteiger partial charge in [0.15, 0.2) is 0 Å². The number of pyridine rings is 1. The van der Waals surface area contributed by atoms with Gasteiger partial charge in [0.05, 0.1) is 22.8 Å². The van der Waals surface area contributed by atoms with Crippen LogP contribution in [0.15, 0.2) is 30.9 Å². The van der Waals surface area contributed by atoms with Gasteiger partial charge in [0, 0.05) is 25.1 Å². The Bertz CT molecular complexity index is 582. The summed E-state index contributed by atoms with van der Waals surface area (Å²) < 4.78 is 1.82. The maximum Gasteiger partial charge on any atom is 0.252 e. The molecule has 0 aliphatic heterocycles. The molecule has 5 nitrogen and oxygen atoms in total. The standard InChI is InChI=1S/C13H15ClN4O/c1-9-5-17-18(8-9)10(2)6-16-13(19)11-3-4-15-7-12(11)14/h3-5,7-8,10H,6H2,1-2H3,(H,16,19)/t10-/m0/s1. The second-order valence-electron chi connectivity index (χ2n) is 4.41. The predicted octanol–water partition coefficient (Wildman–Crippen LogP) is 2.23. The van der Waals surface area contributed by atoms with Gasteiger partial charge in [0.25, 0.3) is 5.91 Å². The van der Waals surface area contributed by atoms with Gasteiger partial charge in [-0.1, -0.05) is 11.6 Å². The van der Waals surface area contributed by atoms with Gasteiger partial charge >= 0.3 is 0 Å². The van der Waals surface area contributed by atoms with Gasteiger partial charge in [0.1, 0.15) is 0 Å². The first-order valence-electron chi connectivity index (χ1n) is 5.96.